The van der Waals surface area contributed by atoms with Crippen LogP contribution in [0.4, 0.5) is 11.6 Å². The van der Waals surface area contributed by atoms with E-state index in [0.717, 1.165) is 24.3 Å². The fourth-order valence-electron chi connectivity index (χ4n) is 2.08. The molecular formula is C16H26N6. The maximum absolute atomic E-state index is 5.59. The summed E-state index contributed by atoms with van der Waals surface area (Å²) in [4.78, 5) is 8.13. The van der Waals surface area contributed by atoms with Crippen LogP contribution in [0.5, 0.6) is 0 Å². The summed E-state index contributed by atoms with van der Waals surface area (Å²) >= 11 is 0. The average molecular weight is 302 g/mol. The van der Waals surface area contributed by atoms with Gasteiger partial charge in [0.25, 0.3) is 0 Å². The zero-order chi connectivity index (χ0) is 16.5. The molecule has 0 radical (unpaired) electrons. The van der Waals surface area contributed by atoms with Gasteiger partial charge in [-0.3, -0.25) is 0 Å². The first-order valence-corrected chi connectivity index (χ1v) is 7.20. The molecule has 0 spiro atoms. The summed E-state index contributed by atoms with van der Waals surface area (Å²) in [7, 11) is 3.82. The molecule has 0 aromatic carbocycles. The van der Waals surface area contributed by atoms with E-state index in [1.807, 2.05) is 33.2 Å². The Morgan fingerprint density at radius 2 is 1.68 bits per heavy atom. The zero-order valence-electron chi connectivity index (χ0n) is 13.8. The van der Waals surface area contributed by atoms with Crippen LogP contribution in [0.3, 0.4) is 0 Å². The van der Waals surface area contributed by atoms with Crippen LogP contribution >= 0.6 is 0 Å². The summed E-state index contributed by atoms with van der Waals surface area (Å²) < 4.78 is 0. The van der Waals surface area contributed by atoms with Crippen LogP contribution in [0.2, 0.25) is 0 Å². The quantitative estimate of drug-likeness (QED) is 0.680. The summed E-state index contributed by atoms with van der Waals surface area (Å²) in [6, 6.07) is 5.66. The molecule has 0 unspecified atom stereocenters. The van der Waals surface area contributed by atoms with Crippen molar-refractivity contribution >= 4 is 11.6 Å². The highest BCUT2D eigenvalue weighted by Crippen LogP contribution is 2.13. The molecule has 2 aromatic rings. The Bertz CT molecular complexity index is 557. The maximum atomic E-state index is 5.59. The van der Waals surface area contributed by atoms with E-state index in [0.29, 0.717) is 11.6 Å². The number of hydrogen-bond donors (Lipinski definition) is 4. The first-order chi connectivity index (χ1) is 10.5. The van der Waals surface area contributed by atoms with Gasteiger partial charge in [0.15, 0.2) is 0 Å². The van der Waals surface area contributed by atoms with Crippen molar-refractivity contribution < 1.29 is 0 Å². The lowest BCUT2D eigenvalue weighted by atomic mass is 10.1. The highest BCUT2D eigenvalue weighted by molar-refractivity contribution is 5.40. The van der Waals surface area contributed by atoms with Crippen molar-refractivity contribution in [2.24, 2.45) is 0 Å². The summed E-state index contributed by atoms with van der Waals surface area (Å²) in [5.41, 5.74) is 15.6. The molecule has 0 bridgehead atoms. The molecule has 2 aromatic heterocycles. The molecule has 6 nitrogen and oxygen atoms in total. The number of rotatable bonds is 4. The van der Waals surface area contributed by atoms with Crippen molar-refractivity contribution in [2.45, 2.75) is 26.9 Å². The second-order valence-corrected chi connectivity index (χ2v) is 5.08. The Morgan fingerprint density at radius 1 is 1.00 bits per heavy atom. The van der Waals surface area contributed by atoms with Crippen molar-refractivity contribution in [3.63, 3.8) is 0 Å². The molecule has 6 N–H and O–H groups in total. The third-order valence-corrected chi connectivity index (χ3v) is 3.16. The lowest BCUT2D eigenvalue weighted by Crippen LogP contribution is -2.10. The third-order valence-electron chi connectivity index (χ3n) is 3.16. The lowest BCUT2D eigenvalue weighted by Gasteiger charge is -2.08. The zero-order valence-corrected chi connectivity index (χ0v) is 13.8. The lowest BCUT2D eigenvalue weighted by molar-refractivity contribution is 0.798. The number of anilines is 2. The van der Waals surface area contributed by atoms with Gasteiger partial charge < -0.3 is 22.1 Å². The van der Waals surface area contributed by atoms with Gasteiger partial charge in [-0.25, -0.2) is 9.97 Å². The predicted molar refractivity (Wildman–Crippen MR) is 92.3 cm³/mol. The van der Waals surface area contributed by atoms with Crippen LogP contribution in [-0.2, 0) is 13.1 Å². The van der Waals surface area contributed by atoms with Crippen LogP contribution in [-0.4, -0.2) is 24.1 Å². The number of nitrogens with zero attached hydrogens (tertiary/aromatic N) is 2. The molecule has 120 valence electrons. The molecule has 0 fully saturated rings. The third kappa shape index (κ3) is 5.67. The van der Waals surface area contributed by atoms with Gasteiger partial charge in [0.05, 0.1) is 0 Å². The number of aromatic nitrogens is 2. The highest BCUT2D eigenvalue weighted by atomic mass is 14.9. The fraction of sp³-hybridized carbons (Fsp3) is 0.375. The van der Waals surface area contributed by atoms with E-state index < -0.39 is 0 Å². The normalized spacial score (nSPS) is 10.0. The van der Waals surface area contributed by atoms with Crippen LogP contribution in [0.15, 0.2) is 24.4 Å². The predicted octanol–water partition coefficient (Wildman–Crippen LogP) is 1.38. The van der Waals surface area contributed by atoms with E-state index in [9.17, 15) is 0 Å². The van der Waals surface area contributed by atoms with E-state index in [4.69, 9.17) is 11.5 Å². The first-order valence-electron chi connectivity index (χ1n) is 7.20. The number of hydrogen-bond acceptors (Lipinski definition) is 6. The van der Waals surface area contributed by atoms with Crippen molar-refractivity contribution in [1.82, 2.24) is 20.6 Å². The second kappa shape index (κ2) is 8.96. The molecule has 0 aliphatic heterocycles. The van der Waals surface area contributed by atoms with Crippen LogP contribution < -0.4 is 22.1 Å². The molecule has 0 aliphatic carbocycles. The van der Waals surface area contributed by atoms with Crippen LogP contribution in [0.1, 0.15) is 22.4 Å². The molecule has 0 saturated heterocycles. The molecule has 2 rings (SSSR count). The number of nitrogens with two attached hydrogens (primary N) is 2. The minimum absolute atomic E-state index is 0.569. The Labute approximate surface area is 132 Å². The Morgan fingerprint density at radius 3 is 2.18 bits per heavy atom. The maximum Gasteiger partial charge on any atom is 0.123 e. The SMILES string of the molecule is CNCc1c(C)cc(N)nc1C.CNCc1ccc(N)nc1. The van der Waals surface area contributed by atoms with Crippen molar-refractivity contribution in [3.8, 4) is 0 Å². The topological polar surface area (TPSA) is 102 Å². The Hall–Kier alpha value is -2.18. The van der Waals surface area contributed by atoms with Crippen molar-refractivity contribution in [3.05, 3.63) is 46.8 Å². The van der Waals surface area contributed by atoms with E-state index >= 15 is 0 Å². The van der Waals surface area contributed by atoms with Gasteiger partial charge in [0.1, 0.15) is 11.6 Å². The molecule has 6 heteroatoms. The summed E-state index contributed by atoms with van der Waals surface area (Å²) in [5.74, 6) is 1.17. The van der Waals surface area contributed by atoms with Crippen LogP contribution in [0.25, 0.3) is 0 Å². The standard InChI is InChI=1S/C9H15N3.C7H11N3/c1-6-4-9(10)12-7(2)8(6)5-11-3;1-9-4-6-2-3-7(8)10-5-6/h4,11H,5H2,1-3H3,(H2,10,12);2-3,5,9H,4H2,1H3,(H2,8,10). The first kappa shape index (κ1) is 17.9. The van der Waals surface area contributed by atoms with E-state index in [1.54, 1.807) is 12.3 Å². The van der Waals surface area contributed by atoms with Gasteiger partial charge >= 0.3 is 0 Å². The highest BCUT2D eigenvalue weighted by Gasteiger charge is 2.03. The summed E-state index contributed by atoms with van der Waals surface area (Å²) in [6.07, 6.45) is 1.77. The van der Waals surface area contributed by atoms with Gasteiger partial charge in [-0.1, -0.05) is 6.07 Å². The van der Waals surface area contributed by atoms with Gasteiger partial charge in [-0.05, 0) is 56.8 Å². The minimum atomic E-state index is 0.569. The van der Waals surface area contributed by atoms with Gasteiger partial charge in [-0.15, -0.1) is 0 Å². The molecule has 22 heavy (non-hydrogen) atoms. The van der Waals surface area contributed by atoms with E-state index in [1.165, 1.54) is 11.1 Å². The number of aryl methyl sites for hydroxylation is 2. The Kier molecular flexibility index (Phi) is 7.28. The monoisotopic (exact) mass is 302 g/mol. The molecular weight excluding hydrogens is 276 g/mol. The van der Waals surface area contributed by atoms with E-state index in [2.05, 4.69) is 27.5 Å². The fourth-order valence-corrected chi connectivity index (χ4v) is 2.08. The number of nitrogens with one attached hydrogen (secondary N) is 2. The average Bonchev–Trinajstić information content (AvgIpc) is 2.46. The minimum Gasteiger partial charge on any atom is -0.384 e. The molecule has 0 amide bonds. The molecule has 2 heterocycles. The van der Waals surface area contributed by atoms with Crippen molar-refractivity contribution in [2.75, 3.05) is 25.6 Å². The van der Waals surface area contributed by atoms with Gasteiger partial charge in [0.2, 0.25) is 0 Å². The molecule has 0 saturated carbocycles. The van der Waals surface area contributed by atoms with Crippen molar-refractivity contribution in [1.29, 1.82) is 0 Å². The van der Waals surface area contributed by atoms with Gasteiger partial charge in [0, 0.05) is 25.0 Å². The smallest absolute Gasteiger partial charge is 0.123 e. The van der Waals surface area contributed by atoms with E-state index in [-0.39, 0.29) is 0 Å². The van der Waals surface area contributed by atoms with Gasteiger partial charge in [-0.2, -0.15) is 0 Å². The van der Waals surface area contributed by atoms with Crippen LogP contribution in [0, 0.1) is 13.8 Å². The molecule has 0 aliphatic rings. The molecule has 0 atom stereocenters. The summed E-state index contributed by atoms with van der Waals surface area (Å²) in [5, 5.41) is 6.13. The second-order valence-electron chi connectivity index (χ2n) is 5.08. The summed E-state index contributed by atoms with van der Waals surface area (Å²) in [6.45, 7) is 5.73. The largest absolute Gasteiger partial charge is 0.384 e. The number of pyridine rings is 2. The number of nitrogen functional groups attached to an aromatic ring is 2. The Balaban J connectivity index is 0.000000224.